The lowest BCUT2D eigenvalue weighted by molar-refractivity contribution is -0.152. The van der Waals surface area contributed by atoms with Gasteiger partial charge >= 0.3 is 0 Å². The molecule has 0 spiro atoms. The maximum absolute atomic E-state index is 10.7. The first kappa shape index (κ1) is 10.6. The van der Waals surface area contributed by atoms with Gasteiger partial charge in [-0.1, -0.05) is 0 Å². The highest BCUT2D eigenvalue weighted by molar-refractivity contribution is 5.79. The first-order chi connectivity index (χ1) is 6.03. The molecular weight excluding hydrogens is 172 g/mol. The molecule has 1 N–H and O–H groups in total. The lowest BCUT2D eigenvalue weighted by Gasteiger charge is -2.22. The summed E-state index contributed by atoms with van der Waals surface area (Å²) in [4.78, 5) is 10.7. The Morgan fingerprint density at radius 3 is 2.54 bits per heavy atom. The molecule has 1 rings (SSSR count). The number of carbonyl (C=O) groups is 1. The van der Waals surface area contributed by atoms with Crippen molar-refractivity contribution < 1.29 is 19.4 Å². The number of ketones is 1. The zero-order valence-electron chi connectivity index (χ0n) is 8.08. The van der Waals surface area contributed by atoms with Crippen LogP contribution in [0, 0.1) is 0 Å². The van der Waals surface area contributed by atoms with Gasteiger partial charge < -0.3 is 14.6 Å². The Bertz CT molecular complexity index is 184. The fourth-order valence-electron chi connectivity index (χ4n) is 1.30. The molecule has 76 valence electrons. The summed E-state index contributed by atoms with van der Waals surface area (Å²) in [6.45, 7) is 4.38. The number of hydrogen-bond donors (Lipinski definition) is 1. The summed E-state index contributed by atoms with van der Waals surface area (Å²) in [5, 5.41) is 9.24. The lowest BCUT2D eigenvalue weighted by Crippen LogP contribution is -2.29. The zero-order valence-corrected chi connectivity index (χ0v) is 8.08. The van der Waals surface area contributed by atoms with E-state index in [0.29, 0.717) is 26.1 Å². The van der Waals surface area contributed by atoms with E-state index in [-0.39, 0.29) is 5.78 Å². The van der Waals surface area contributed by atoms with Crippen LogP contribution in [-0.4, -0.2) is 36.0 Å². The number of aliphatic hydroxyl groups excluding tert-OH is 1. The average molecular weight is 188 g/mol. The fraction of sp³-hybridized carbons (Fsp3) is 0.889. The van der Waals surface area contributed by atoms with Crippen LogP contribution in [0.1, 0.15) is 26.7 Å². The average Bonchev–Trinajstić information content (AvgIpc) is 2.48. The van der Waals surface area contributed by atoms with Crippen LogP contribution in [0.15, 0.2) is 0 Å². The summed E-state index contributed by atoms with van der Waals surface area (Å²) in [7, 11) is 0. The summed E-state index contributed by atoms with van der Waals surface area (Å²) < 4.78 is 10.7. The van der Waals surface area contributed by atoms with Crippen LogP contribution >= 0.6 is 0 Å². The molecule has 1 aliphatic rings. The third-order valence-electron chi connectivity index (χ3n) is 2.24. The summed E-state index contributed by atoms with van der Waals surface area (Å²) in [6.07, 6.45) is 0.0594. The van der Waals surface area contributed by atoms with E-state index in [1.165, 1.54) is 6.92 Å². The first-order valence-corrected chi connectivity index (χ1v) is 4.50. The number of carbonyl (C=O) groups excluding carboxylic acids is 1. The minimum atomic E-state index is -0.885. The summed E-state index contributed by atoms with van der Waals surface area (Å²) in [6, 6.07) is 0. The third-order valence-corrected chi connectivity index (χ3v) is 2.24. The van der Waals surface area contributed by atoms with E-state index in [2.05, 4.69) is 0 Å². The van der Waals surface area contributed by atoms with Crippen LogP contribution in [0.4, 0.5) is 0 Å². The van der Waals surface area contributed by atoms with Crippen molar-refractivity contribution in [2.24, 2.45) is 0 Å². The number of ether oxygens (including phenoxy) is 2. The summed E-state index contributed by atoms with van der Waals surface area (Å²) in [5.41, 5.74) is 0. The second kappa shape index (κ2) is 4.17. The van der Waals surface area contributed by atoms with Crippen molar-refractivity contribution in [3.8, 4) is 0 Å². The molecule has 1 atom stereocenters. The van der Waals surface area contributed by atoms with Gasteiger partial charge in [-0.2, -0.15) is 0 Å². The van der Waals surface area contributed by atoms with Crippen LogP contribution in [-0.2, 0) is 14.3 Å². The van der Waals surface area contributed by atoms with Crippen molar-refractivity contribution in [3.63, 3.8) is 0 Å². The number of aliphatic hydroxyl groups is 1. The molecule has 0 bridgehead atoms. The lowest BCUT2D eigenvalue weighted by atomic mass is 10.1. The highest BCUT2D eigenvalue weighted by Crippen LogP contribution is 2.24. The van der Waals surface area contributed by atoms with Crippen molar-refractivity contribution in [1.82, 2.24) is 0 Å². The second-order valence-corrected chi connectivity index (χ2v) is 3.50. The largest absolute Gasteiger partial charge is 0.385 e. The number of hydrogen-bond acceptors (Lipinski definition) is 4. The van der Waals surface area contributed by atoms with Gasteiger partial charge in [0.05, 0.1) is 13.2 Å². The molecule has 0 radical (unpaired) electrons. The first-order valence-electron chi connectivity index (χ1n) is 4.50. The van der Waals surface area contributed by atoms with E-state index < -0.39 is 11.9 Å². The summed E-state index contributed by atoms with van der Waals surface area (Å²) in [5.74, 6) is -0.808. The quantitative estimate of drug-likeness (QED) is 0.697. The standard InChI is InChI=1S/C9H16O4/c1-7(10)8(11)3-4-9(2)12-5-6-13-9/h8,11H,3-6H2,1-2H3. The monoisotopic (exact) mass is 188 g/mol. The Balaban J connectivity index is 2.28. The van der Waals surface area contributed by atoms with E-state index in [1.54, 1.807) is 0 Å². The normalized spacial score (nSPS) is 23.0. The molecule has 0 aliphatic carbocycles. The van der Waals surface area contributed by atoms with E-state index in [9.17, 15) is 9.90 Å². The van der Waals surface area contributed by atoms with Gasteiger partial charge in [-0.15, -0.1) is 0 Å². The predicted molar refractivity (Wildman–Crippen MR) is 46.2 cm³/mol. The van der Waals surface area contributed by atoms with Crippen LogP contribution < -0.4 is 0 Å². The minimum Gasteiger partial charge on any atom is -0.385 e. The molecule has 0 aromatic carbocycles. The molecule has 1 heterocycles. The Morgan fingerprint density at radius 2 is 2.08 bits per heavy atom. The predicted octanol–water partition coefficient (Wildman–Crippen LogP) is 0.480. The van der Waals surface area contributed by atoms with Crippen molar-refractivity contribution in [1.29, 1.82) is 0 Å². The molecule has 0 saturated carbocycles. The Labute approximate surface area is 77.8 Å². The van der Waals surface area contributed by atoms with Gasteiger partial charge in [-0.25, -0.2) is 0 Å². The van der Waals surface area contributed by atoms with Gasteiger partial charge in [0.15, 0.2) is 11.6 Å². The van der Waals surface area contributed by atoms with Gasteiger partial charge in [-0.3, -0.25) is 4.79 Å². The topological polar surface area (TPSA) is 55.8 Å². The molecule has 13 heavy (non-hydrogen) atoms. The van der Waals surface area contributed by atoms with Crippen LogP contribution in [0.2, 0.25) is 0 Å². The van der Waals surface area contributed by atoms with Crippen molar-refractivity contribution in [2.45, 2.75) is 38.6 Å². The molecule has 1 fully saturated rings. The smallest absolute Gasteiger partial charge is 0.165 e. The highest BCUT2D eigenvalue weighted by atomic mass is 16.7. The number of Topliss-reactive ketones (excluding diaryl/α,β-unsaturated/α-hetero) is 1. The molecule has 0 aromatic heterocycles. The van der Waals surface area contributed by atoms with Crippen LogP contribution in [0.3, 0.4) is 0 Å². The molecular formula is C9H16O4. The molecule has 1 saturated heterocycles. The SMILES string of the molecule is CC(=O)C(O)CCC1(C)OCCO1. The minimum absolute atomic E-state index is 0.207. The molecule has 4 heteroatoms. The van der Waals surface area contributed by atoms with Gasteiger partial charge in [-0.05, 0) is 20.3 Å². The van der Waals surface area contributed by atoms with Crippen molar-refractivity contribution in [2.75, 3.05) is 13.2 Å². The second-order valence-electron chi connectivity index (χ2n) is 3.50. The van der Waals surface area contributed by atoms with Crippen LogP contribution in [0.25, 0.3) is 0 Å². The maximum Gasteiger partial charge on any atom is 0.165 e. The molecule has 0 aromatic rings. The van der Waals surface area contributed by atoms with E-state index >= 15 is 0 Å². The zero-order chi connectivity index (χ0) is 9.90. The highest BCUT2D eigenvalue weighted by Gasteiger charge is 2.31. The maximum atomic E-state index is 10.7. The van der Waals surface area contributed by atoms with E-state index in [0.717, 1.165) is 0 Å². The van der Waals surface area contributed by atoms with Crippen molar-refractivity contribution in [3.05, 3.63) is 0 Å². The molecule has 1 aliphatic heterocycles. The molecule has 1 unspecified atom stereocenters. The van der Waals surface area contributed by atoms with Gasteiger partial charge in [0.2, 0.25) is 0 Å². The Kier molecular flexibility index (Phi) is 3.41. The Morgan fingerprint density at radius 1 is 1.54 bits per heavy atom. The van der Waals surface area contributed by atoms with Crippen molar-refractivity contribution >= 4 is 5.78 Å². The van der Waals surface area contributed by atoms with E-state index in [4.69, 9.17) is 9.47 Å². The van der Waals surface area contributed by atoms with Crippen LogP contribution in [0.5, 0.6) is 0 Å². The number of rotatable bonds is 4. The molecule has 0 amide bonds. The van der Waals surface area contributed by atoms with Gasteiger partial charge in [0.1, 0.15) is 6.10 Å². The van der Waals surface area contributed by atoms with Gasteiger partial charge in [0, 0.05) is 6.42 Å². The Hall–Kier alpha value is -0.450. The molecule has 4 nitrogen and oxygen atoms in total. The van der Waals surface area contributed by atoms with Gasteiger partial charge in [0.25, 0.3) is 0 Å². The fourth-order valence-corrected chi connectivity index (χ4v) is 1.30. The third kappa shape index (κ3) is 3.06. The van der Waals surface area contributed by atoms with E-state index in [1.807, 2.05) is 6.92 Å². The summed E-state index contributed by atoms with van der Waals surface area (Å²) >= 11 is 0.